The Labute approximate surface area is 111 Å². The zero-order valence-corrected chi connectivity index (χ0v) is 10.6. The number of anilines is 2. The minimum atomic E-state index is -0.685. The number of nitrogens with two attached hydrogens (primary N) is 1. The van der Waals surface area contributed by atoms with Crippen LogP contribution in [0.5, 0.6) is 0 Å². The average molecular weight is 279 g/mol. The number of benzene rings is 1. The van der Waals surface area contributed by atoms with Crippen molar-refractivity contribution in [2.45, 2.75) is 6.92 Å². The standard InChI is InChI=1S/C10H9N5O3S/c1-5-12-10(19-14-5)13-9(16)6-3-2-4-7(11)8(6)15(17)18/h2-4H,11H2,1H3,(H,12,13,14,16). The molecule has 0 bridgehead atoms. The summed E-state index contributed by atoms with van der Waals surface area (Å²) in [6.45, 7) is 1.68. The van der Waals surface area contributed by atoms with Gasteiger partial charge in [-0.25, -0.2) is 4.98 Å². The molecule has 0 aliphatic heterocycles. The van der Waals surface area contributed by atoms with Crippen molar-refractivity contribution >= 4 is 33.9 Å². The number of aryl methyl sites for hydroxylation is 1. The summed E-state index contributed by atoms with van der Waals surface area (Å²) in [5.74, 6) is -0.127. The van der Waals surface area contributed by atoms with Crippen molar-refractivity contribution in [2.24, 2.45) is 0 Å². The Balaban J connectivity index is 2.34. The molecule has 1 amide bonds. The van der Waals surface area contributed by atoms with Crippen molar-refractivity contribution < 1.29 is 9.72 Å². The second kappa shape index (κ2) is 4.98. The van der Waals surface area contributed by atoms with Crippen LogP contribution in [0.25, 0.3) is 0 Å². The summed E-state index contributed by atoms with van der Waals surface area (Å²) >= 11 is 0.997. The Hall–Kier alpha value is -2.55. The Morgan fingerprint density at radius 1 is 1.53 bits per heavy atom. The van der Waals surface area contributed by atoms with Crippen LogP contribution >= 0.6 is 11.5 Å². The number of nitro benzene ring substituents is 1. The molecule has 0 saturated heterocycles. The maximum atomic E-state index is 12.0. The van der Waals surface area contributed by atoms with Gasteiger partial charge in [-0.05, 0) is 19.1 Å². The van der Waals surface area contributed by atoms with Crippen LogP contribution in [-0.4, -0.2) is 20.2 Å². The van der Waals surface area contributed by atoms with Crippen LogP contribution < -0.4 is 11.1 Å². The summed E-state index contributed by atoms with van der Waals surface area (Å²) in [5.41, 5.74) is 4.92. The number of carbonyl (C=O) groups excluding carboxylic acids is 1. The monoisotopic (exact) mass is 279 g/mol. The van der Waals surface area contributed by atoms with Gasteiger partial charge >= 0.3 is 5.69 Å². The van der Waals surface area contributed by atoms with Crippen LogP contribution in [0.4, 0.5) is 16.5 Å². The molecule has 0 saturated carbocycles. The first kappa shape index (κ1) is 12.9. The predicted molar refractivity (Wildman–Crippen MR) is 70.1 cm³/mol. The van der Waals surface area contributed by atoms with Gasteiger partial charge in [-0.2, -0.15) is 4.37 Å². The maximum Gasteiger partial charge on any atom is 0.304 e. The van der Waals surface area contributed by atoms with Gasteiger partial charge in [0.2, 0.25) is 5.13 Å². The molecule has 1 heterocycles. The first-order valence-electron chi connectivity index (χ1n) is 5.13. The Bertz CT molecular complexity index is 654. The molecule has 0 aliphatic rings. The second-order valence-electron chi connectivity index (χ2n) is 3.60. The number of nitrogen functional groups attached to an aromatic ring is 1. The molecular formula is C10H9N5O3S. The second-order valence-corrected chi connectivity index (χ2v) is 4.35. The highest BCUT2D eigenvalue weighted by atomic mass is 32.1. The van der Waals surface area contributed by atoms with Gasteiger partial charge < -0.3 is 5.73 Å². The van der Waals surface area contributed by atoms with E-state index < -0.39 is 16.5 Å². The van der Waals surface area contributed by atoms with Crippen molar-refractivity contribution in [1.29, 1.82) is 0 Å². The zero-order valence-electron chi connectivity index (χ0n) is 9.78. The van der Waals surface area contributed by atoms with Gasteiger partial charge in [-0.3, -0.25) is 20.2 Å². The van der Waals surface area contributed by atoms with E-state index in [1.807, 2.05) is 0 Å². The summed E-state index contributed by atoms with van der Waals surface area (Å²) in [4.78, 5) is 26.2. The van der Waals surface area contributed by atoms with Gasteiger partial charge in [-0.15, -0.1) is 0 Å². The number of hydrogen-bond acceptors (Lipinski definition) is 7. The fourth-order valence-electron chi connectivity index (χ4n) is 1.46. The fraction of sp³-hybridized carbons (Fsp3) is 0.100. The minimum absolute atomic E-state index is 0.0638. The lowest BCUT2D eigenvalue weighted by Crippen LogP contribution is -2.14. The number of nitro groups is 1. The Kier molecular flexibility index (Phi) is 3.38. The van der Waals surface area contributed by atoms with Crippen LogP contribution in [0.3, 0.4) is 0 Å². The van der Waals surface area contributed by atoms with Crippen LogP contribution in [0.15, 0.2) is 18.2 Å². The van der Waals surface area contributed by atoms with Crippen molar-refractivity contribution in [3.05, 3.63) is 39.7 Å². The molecule has 2 aromatic rings. The van der Waals surface area contributed by atoms with E-state index in [0.29, 0.717) is 5.82 Å². The average Bonchev–Trinajstić information content (AvgIpc) is 2.73. The molecule has 1 aromatic carbocycles. The number of rotatable bonds is 3. The molecule has 3 N–H and O–H groups in total. The lowest BCUT2D eigenvalue weighted by Gasteiger charge is -2.04. The highest BCUT2D eigenvalue weighted by Gasteiger charge is 2.23. The predicted octanol–water partition coefficient (Wildman–Crippen LogP) is 1.59. The van der Waals surface area contributed by atoms with E-state index in [4.69, 9.17) is 5.73 Å². The molecule has 8 nitrogen and oxygen atoms in total. The lowest BCUT2D eigenvalue weighted by molar-refractivity contribution is -0.384. The maximum absolute atomic E-state index is 12.0. The van der Waals surface area contributed by atoms with Gasteiger partial charge in [0.15, 0.2) is 0 Å². The molecule has 0 fully saturated rings. The lowest BCUT2D eigenvalue weighted by atomic mass is 10.1. The highest BCUT2D eigenvalue weighted by Crippen LogP contribution is 2.26. The SMILES string of the molecule is Cc1nsc(NC(=O)c2cccc(N)c2[N+](=O)[O-])n1. The van der Waals surface area contributed by atoms with Crippen LogP contribution in [0, 0.1) is 17.0 Å². The van der Waals surface area contributed by atoms with Crippen molar-refractivity contribution in [3.8, 4) is 0 Å². The Morgan fingerprint density at radius 2 is 2.26 bits per heavy atom. The third-order valence-corrected chi connectivity index (χ3v) is 2.96. The van der Waals surface area contributed by atoms with Gasteiger partial charge in [0.1, 0.15) is 17.1 Å². The van der Waals surface area contributed by atoms with Crippen molar-refractivity contribution in [3.63, 3.8) is 0 Å². The Morgan fingerprint density at radius 3 is 2.84 bits per heavy atom. The largest absolute Gasteiger partial charge is 0.393 e. The first-order chi connectivity index (χ1) is 8.99. The molecule has 9 heteroatoms. The summed E-state index contributed by atoms with van der Waals surface area (Å²) < 4.78 is 3.90. The van der Waals surface area contributed by atoms with E-state index in [-0.39, 0.29) is 16.4 Å². The number of carbonyl (C=O) groups is 1. The van der Waals surface area contributed by atoms with E-state index in [9.17, 15) is 14.9 Å². The number of nitrogens with zero attached hydrogens (tertiary/aromatic N) is 3. The molecule has 98 valence electrons. The zero-order chi connectivity index (χ0) is 14.0. The number of para-hydroxylation sites is 1. The summed E-state index contributed by atoms with van der Waals surface area (Å²) in [5, 5.41) is 13.6. The van der Waals surface area contributed by atoms with Crippen LogP contribution in [0.1, 0.15) is 16.2 Å². The smallest absolute Gasteiger partial charge is 0.304 e. The van der Waals surface area contributed by atoms with Crippen molar-refractivity contribution in [2.75, 3.05) is 11.1 Å². The number of aromatic nitrogens is 2. The summed E-state index contributed by atoms with van der Waals surface area (Å²) in [6, 6.07) is 4.17. The molecule has 0 spiro atoms. The first-order valence-corrected chi connectivity index (χ1v) is 5.91. The summed E-state index contributed by atoms with van der Waals surface area (Å²) in [6.07, 6.45) is 0. The van der Waals surface area contributed by atoms with E-state index >= 15 is 0 Å². The quantitative estimate of drug-likeness (QED) is 0.499. The van der Waals surface area contributed by atoms with E-state index in [1.54, 1.807) is 6.92 Å². The van der Waals surface area contributed by atoms with Crippen molar-refractivity contribution in [1.82, 2.24) is 9.36 Å². The molecular weight excluding hydrogens is 270 g/mol. The van der Waals surface area contributed by atoms with Gasteiger partial charge in [0.05, 0.1) is 4.92 Å². The third-order valence-electron chi connectivity index (χ3n) is 2.24. The fourth-order valence-corrected chi connectivity index (χ4v) is 2.03. The molecule has 0 aliphatic carbocycles. The molecule has 1 aromatic heterocycles. The molecule has 19 heavy (non-hydrogen) atoms. The van der Waals surface area contributed by atoms with Crippen LogP contribution in [0.2, 0.25) is 0 Å². The summed E-state index contributed by atoms with van der Waals surface area (Å²) in [7, 11) is 0. The number of hydrogen-bond donors (Lipinski definition) is 2. The van der Waals surface area contributed by atoms with Gasteiger partial charge in [0.25, 0.3) is 5.91 Å². The molecule has 2 rings (SSSR count). The van der Waals surface area contributed by atoms with Gasteiger partial charge in [-0.1, -0.05) is 6.07 Å². The van der Waals surface area contributed by atoms with E-state index in [1.165, 1.54) is 18.2 Å². The van der Waals surface area contributed by atoms with Crippen LogP contribution in [-0.2, 0) is 0 Å². The normalized spacial score (nSPS) is 10.2. The molecule has 0 atom stereocenters. The van der Waals surface area contributed by atoms with Gasteiger partial charge in [0, 0.05) is 11.5 Å². The third kappa shape index (κ3) is 2.65. The molecule has 0 unspecified atom stereocenters. The minimum Gasteiger partial charge on any atom is -0.393 e. The topological polar surface area (TPSA) is 124 Å². The highest BCUT2D eigenvalue weighted by molar-refractivity contribution is 7.09. The number of nitrogens with one attached hydrogen (secondary N) is 1. The molecule has 0 radical (unpaired) electrons. The number of amides is 1. The van der Waals surface area contributed by atoms with E-state index in [0.717, 1.165) is 11.5 Å². The van der Waals surface area contributed by atoms with E-state index in [2.05, 4.69) is 14.7 Å².